The Kier molecular flexibility index (Phi) is 6.08. The minimum Gasteiger partial charge on any atom is -0.463 e. The van der Waals surface area contributed by atoms with Crippen molar-refractivity contribution >= 4 is 12.0 Å². The molecular weight excluding hydrogens is 386 g/mol. The Hall–Kier alpha value is -2.42. The van der Waals surface area contributed by atoms with Gasteiger partial charge in [0.25, 0.3) is 0 Å². The highest BCUT2D eigenvalue weighted by Crippen LogP contribution is 2.33. The number of hydrogen-bond donors (Lipinski definition) is 2. The summed E-state index contributed by atoms with van der Waals surface area (Å²) in [4.78, 5) is 27.5. The van der Waals surface area contributed by atoms with Crippen molar-refractivity contribution in [2.45, 2.75) is 38.5 Å². The normalized spacial score (nSPS) is 23.9. The van der Waals surface area contributed by atoms with Crippen molar-refractivity contribution in [3.8, 4) is 0 Å². The molecule has 0 radical (unpaired) electrons. The van der Waals surface area contributed by atoms with Gasteiger partial charge in [-0.3, -0.25) is 4.90 Å². The number of aryl methyl sites for hydroxylation is 1. The molecule has 3 aliphatic heterocycles. The molecule has 0 aromatic heterocycles. The van der Waals surface area contributed by atoms with Crippen LogP contribution in [0.2, 0.25) is 0 Å². The number of carbonyl (C=O) groups excluding carboxylic acids is 2. The molecule has 0 saturated carbocycles. The average Bonchev–Trinajstić information content (AvgIpc) is 3.18. The van der Waals surface area contributed by atoms with E-state index in [2.05, 4.69) is 15.5 Å². The number of nitrogens with one attached hydrogen (secondary N) is 2. The molecule has 8 heteroatoms. The lowest BCUT2D eigenvalue weighted by molar-refractivity contribution is -0.184. The Morgan fingerprint density at radius 1 is 1.20 bits per heavy atom. The molecule has 2 amide bonds. The molecule has 0 bridgehead atoms. The number of hydrogen-bond acceptors (Lipinski definition) is 6. The van der Waals surface area contributed by atoms with E-state index in [0.29, 0.717) is 31.0 Å². The largest absolute Gasteiger partial charge is 0.463 e. The van der Waals surface area contributed by atoms with Crippen LogP contribution in [0, 0.1) is 6.92 Å². The van der Waals surface area contributed by atoms with E-state index in [0.717, 1.165) is 37.1 Å². The zero-order valence-corrected chi connectivity index (χ0v) is 17.5. The molecule has 2 fully saturated rings. The minimum atomic E-state index is -0.550. The Labute approximate surface area is 176 Å². The summed E-state index contributed by atoms with van der Waals surface area (Å²) in [6, 6.07) is 6.93. The van der Waals surface area contributed by atoms with Crippen molar-refractivity contribution in [3.63, 3.8) is 0 Å². The van der Waals surface area contributed by atoms with Gasteiger partial charge in [0.05, 0.1) is 31.4 Å². The number of amides is 2. The van der Waals surface area contributed by atoms with E-state index in [1.54, 1.807) is 6.92 Å². The van der Waals surface area contributed by atoms with Gasteiger partial charge in [-0.05, 0) is 19.4 Å². The second-order valence-electron chi connectivity index (χ2n) is 7.94. The van der Waals surface area contributed by atoms with E-state index < -0.39 is 17.8 Å². The summed E-state index contributed by atoms with van der Waals surface area (Å²) < 4.78 is 16.9. The second-order valence-corrected chi connectivity index (χ2v) is 7.94. The van der Waals surface area contributed by atoms with Crippen LogP contribution < -0.4 is 10.6 Å². The number of carbonyl (C=O) groups is 2. The maximum Gasteiger partial charge on any atom is 0.338 e. The number of urea groups is 1. The predicted octanol–water partition coefficient (Wildman–Crippen LogP) is 2.01. The van der Waals surface area contributed by atoms with Crippen molar-refractivity contribution in [3.05, 3.63) is 46.7 Å². The quantitative estimate of drug-likeness (QED) is 0.715. The lowest BCUT2D eigenvalue weighted by Gasteiger charge is -2.39. The SMILES string of the molecule is CCOC(=O)C1=C(CN2CCC3(CC2)OCCO3)NC(=O)N[C@@H]1c1ccc(C)cc1. The summed E-state index contributed by atoms with van der Waals surface area (Å²) in [7, 11) is 0. The van der Waals surface area contributed by atoms with Gasteiger partial charge in [-0.25, -0.2) is 9.59 Å². The molecule has 162 valence electrons. The molecule has 2 saturated heterocycles. The number of nitrogens with zero attached hydrogens (tertiary/aromatic N) is 1. The zero-order chi connectivity index (χ0) is 21.1. The average molecular weight is 415 g/mol. The minimum absolute atomic E-state index is 0.269. The first kappa shape index (κ1) is 20.8. The zero-order valence-electron chi connectivity index (χ0n) is 17.5. The summed E-state index contributed by atoms with van der Waals surface area (Å²) in [6.07, 6.45) is 1.53. The smallest absolute Gasteiger partial charge is 0.338 e. The third kappa shape index (κ3) is 4.35. The van der Waals surface area contributed by atoms with Gasteiger partial charge >= 0.3 is 12.0 Å². The summed E-state index contributed by atoms with van der Waals surface area (Å²) >= 11 is 0. The maximum atomic E-state index is 12.9. The summed E-state index contributed by atoms with van der Waals surface area (Å²) in [5.74, 6) is -0.877. The van der Waals surface area contributed by atoms with Crippen molar-refractivity contribution < 1.29 is 23.8 Å². The van der Waals surface area contributed by atoms with Gasteiger partial charge in [0.1, 0.15) is 0 Å². The Morgan fingerprint density at radius 2 is 1.87 bits per heavy atom. The Morgan fingerprint density at radius 3 is 2.50 bits per heavy atom. The molecule has 1 spiro atoms. The number of piperidine rings is 1. The monoisotopic (exact) mass is 415 g/mol. The molecule has 3 heterocycles. The Balaban J connectivity index is 1.59. The van der Waals surface area contributed by atoms with Crippen molar-refractivity contribution in [2.75, 3.05) is 39.5 Å². The van der Waals surface area contributed by atoms with Crippen LogP contribution in [0.4, 0.5) is 4.79 Å². The molecule has 2 N–H and O–H groups in total. The number of esters is 1. The molecule has 1 atom stereocenters. The van der Waals surface area contributed by atoms with Gasteiger partial charge in [0, 0.05) is 38.2 Å². The van der Waals surface area contributed by atoms with Gasteiger partial charge in [0.15, 0.2) is 5.79 Å². The molecule has 3 aliphatic rings. The standard InChI is InChI=1S/C22H29N3O5/c1-3-28-20(26)18-17(14-25-10-8-22(9-11-25)29-12-13-30-22)23-21(27)24-19(18)16-6-4-15(2)5-7-16/h4-7,19H,3,8-14H2,1-2H3,(H2,23,24,27)/t19-/m1/s1. The number of benzene rings is 1. The fraction of sp³-hybridized carbons (Fsp3) is 0.545. The Bertz CT molecular complexity index is 820. The van der Waals surface area contributed by atoms with Gasteiger partial charge in [-0.2, -0.15) is 0 Å². The van der Waals surface area contributed by atoms with Crippen molar-refractivity contribution in [1.82, 2.24) is 15.5 Å². The highest BCUT2D eigenvalue weighted by atomic mass is 16.7. The van der Waals surface area contributed by atoms with Gasteiger partial charge in [-0.15, -0.1) is 0 Å². The predicted molar refractivity (Wildman–Crippen MR) is 110 cm³/mol. The molecule has 0 aliphatic carbocycles. The molecule has 0 unspecified atom stereocenters. The van der Waals surface area contributed by atoms with Gasteiger partial charge < -0.3 is 24.8 Å². The first-order chi connectivity index (χ1) is 14.5. The fourth-order valence-corrected chi connectivity index (χ4v) is 4.26. The molecular formula is C22H29N3O5. The second kappa shape index (κ2) is 8.75. The first-order valence-corrected chi connectivity index (χ1v) is 10.5. The summed E-state index contributed by atoms with van der Waals surface area (Å²) in [5, 5.41) is 5.73. The summed E-state index contributed by atoms with van der Waals surface area (Å²) in [6.45, 7) is 7.30. The summed E-state index contributed by atoms with van der Waals surface area (Å²) in [5.41, 5.74) is 3.00. The van der Waals surface area contributed by atoms with Crippen LogP contribution >= 0.6 is 0 Å². The lowest BCUT2D eigenvalue weighted by atomic mass is 9.94. The van der Waals surface area contributed by atoms with Crippen molar-refractivity contribution in [2.24, 2.45) is 0 Å². The molecule has 1 aromatic carbocycles. The van der Waals surface area contributed by atoms with Crippen LogP contribution in [0.15, 0.2) is 35.5 Å². The van der Waals surface area contributed by atoms with E-state index >= 15 is 0 Å². The molecule has 30 heavy (non-hydrogen) atoms. The van der Waals surface area contributed by atoms with Crippen molar-refractivity contribution in [1.29, 1.82) is 0 Å². The third-order valence-corrected chi connectivity index (χ3v) is 5.87. The number of rotatable bonds is 5. The number of likely N-dealkylation sites (tertiary alicyclic amines) is 1. The maximum absolute atomic E-state index is 12.9. The van der Waals surface area contributed by atoms with Crippen LogP contribution in [0.3, 0.4) is 0 Å². The van der Waals surface area contributed by atoms with Gasteiger partial charge in [0.2, 0.25) is 0 Å². The van der Waals surface area contributed by atoms with Crippen LogP contribution in [0.25, 0.3) is 0 Å². The van der Waals surface area contributed by atoms with E-state index in [-0.39, 0.29) is 12.6 Å². The van der Waals surface area contributed by atoms with Crippen LogP contribution in [0.1, 0.15) is 36.9 Å². The topological polar surface area (TPSA) is 89.1 Å². The molecule has 8 nitrogen and oxygen atoms in total. The van der Waals surface area contributed by atoms with E-state index in [9.17, 15) is 9.59 Å². The van der Waals surface area contributed by atoms with E-state index in [1.165, 1.54) is 0 Å². The fourth-order valence-electron chi connectivity index (χ4n) is 4.26. The van der Waals surface area contributed by atoms with E-state index in [1.807, 2.05) is 31.2 Å². The third-order valence-electron chi connectivity index (χ3n) is 5.87. The first-order valence-electron chi connectivity index (χ1n) is 10.5. The van der Waals surface area contributed by atoms with Gasteiger partial charge in [-0.1, -0.05) is 29.8 Å². The molecule has 4 rings (SSSR count). The lowest BCUT2D eigenvalue weighted by Crippen LogP contribution is -2.51. The van der Waals surface area contributed by atoms with E-state index in [4.69, 9.17) is 14.2 Å². The van der Waals surface area contributed by atoms with Crippen LogP contribution in [-0.2, 0) is 19.0 Å². The van der Waals surface area contributed by atoms with Crippen LogP contribution in [0.5, 0.6) is 0 Å². The number of ether oxygens (including phenoxy) is 3. The molecule has 1 aromatic rings. The highest BCUT2D eigenvalue weighted by Gasteiger charge is 2.41. The van der Waals surface area contributed by atoms with Crippen LogP contribution in [-0.4, -0.2) is 62.1 Å². The highest BCUT2D eigenvalue weighted by molar-refractivity contribution is 5.95.